The van der Waals surface area contributed by atoms with E-state index >= 15 is 0 Å². The van der Waals surface area contributed by atoms with Crippen LogP contribution in [0.2, 0.25) is 5.02 Å². The van der Waals surface area contributed by atoms with Gasteiger partial charge in [-0.05, 0) is 60.3 Å². The lowest BCUT2D eigenvalue weighted by Crippen LogP contribution is -2.32. The molecule has 0 aliphatic rings. The number of carbonyl (C=O) groups is 1. The molecule has 1 N–H and O–H groups in total. The van der Waals surface area contributed by atoms with E-state index in [-0.39, 0.29) is 18.0 Å². The number of benzene rings is 3. The van der Waals surface area contributed by atoms with E-state index in [1.807, 2.05) is 43.3 Å². The summed E-state index contributed by atoms with van der Waals surface area (Å²) in [5.41, 5.74) is 3.40. The minimum atomic E-state index is -0.254. The fourth-order valence-corrected chi connectivity index (χ4v) is 3.94. The average Bonchev–Trinajstić information content (AvgIpc) is 2.84. The van der Waals surface area contributed by atoms with Gasteiger partial charge in [0, 0.05) is 34.3 Å². The molecule has 1 aromatic heterocycles. The number of amides is 1. The zero-order valence-electron chi connectivity index (χ0n) is 19.2. The maximum absolute atomic E-state index is 13.7. The van der Waals surface area contributed by atoms with Gasteiger partial charge in [0.1, 0.15) is 11.5 Å². The quantitative estimate of drug-likeness (QED) is 0.390. The first-order valence-electron chi connectivity index (χ1n) is 10.8. The number of carbonyl (C=O) groups excluding carboxylic acids is 1. The second-order valence-electron chi connectivity index (χ2n) is 8.10. The van der Waals surface area contributed by atoms with Crippen LogP contribution in [0.4, 0.5) is 0 Å². The van der Waals surface area contributed by atoms with Crippen molar-refractivity contribution in [1.82, 2.24) is 9.88 Å². The van der Waals surface area contributed by atoms with Crippen molar-refractivity contribution in [2.24, 2.45) is 0 Å². The minimum Gasteiger partial charge on any atom is -0.497 e. The molecule has 0 aliphatic heterocycles. The van der Waals surface area contributed by atoms with Gasteiger partial charge in [-0.1, -0.05) is 35.4 Å². The van der Waals surface area contributed by atoms with E-state index in [2.05, 4.69) is 4.98 Å². The second kappa shape index (κ2) is 10.0. The van der Waals surface area contributed by atoms with Gasteiger partial charge in [0.05, 0.1) is 20.8 Å². The average molecular weight is 477 g/mol. The molecule has 6 nitrogen and oxygen atoms in total. The van der Waals surface area contributed by atoms with Crippen LogP contribution in [0, 0.1) is 6.92 Å². The Bertz CT molecular complexity index is 1370. The molecule has 0 bridgehead atoms. The molecule has 3 aromatic carbocycles. The van der Waals surface area contributed by atoms with Crippen LogP contribution >= 0.6 is 11.6 Å². The van der Waals surface area contributed by atoms with Crippen molar-refractivity contribution in [3.63, 3.8) is 0 Å². The predicted molar refractivity (Wildman–Crippen MR) is 134 cm³/mol. The lowest BCUT2D eigenvalue weighted by atomic mass is 10.1. The van der Waals surface area contributed by atoms with Crippen LogP contribution in [-0.4, -0.2) is 30.0 Å². The number of nitrogens with zero attached hydrogens (tertiary/aromatic N) is 1. The van der Waals surface area contributed by atoms with Crippen molar-refractivity contribution in [3.8, 4) is 11.5 Å². The summed E-state index contributed by atoms with van der Waals surface area (Å²) in [6, 6.07) is 20.0. The van der Waals surface area contributed by atoms with Crippen molar-refractivity contribution < 1.29 is 14.3 Å². The number of aromatic nitrogens is 1. The molecule has 1 heterocycles. The number of aromatic amines is 1. The van der Waals surface area contributed by atoms with Crippen LogP contribution < -0.4 is 15.0 Å². The summed E-state index contributed by atoms with van der Waals surface area (Å²) in [4.78, 5) is 31.1. The number of methoxy groups -OCH3 is 2. The fraction of sp³-hybridized carbons (Fsp3) is 0.185. The third-order valence-corrected chi connectivity index (χ3v) is 5.86. The van der Waals surface area contributed by atoms with E-state index in [1.54, 1.807) is 35.2 Å². The first-order chi connectivity index (χ1) is 16.4. The Kier molecular flexibility index (Phi) is 6.89. The summed E-state index contributed by atoms with van der Waals surface area (Å²) in [5.74, 6) is 0.761. The van der Waals surface area contributed by atoms with Gasteiger partial charge in [-0.2, -0.15) is 0 Å². The Morgan fingerprint density at radius 1 is 0.912 bits per heavy atom. The van der Waals surface area contributed by atoms with Gasteiger partial charge in [0.15, 0.2) is 0 Å². The number of halogens is 1. The molecule has 0 saturated carbocycles. The summed E-state index contributed by atoms with van der Waals surface area (Å²) >= 11 is 6.04. The first-order valence-corrected chi connectivity index (χ1v) is 11.1. The van der Waals surface area contributed by atoms with E-state index in [9.17, 15) is 9.59 Å². The molecule has 0 atom stereocenters. The predicted octanol–water partition coefficient (Wildman–Crippen LogP) is 5.35. The molecule has 0 saturated heterocycles. The Balaban J connectivity index is 1.74. The summed E-state index contributed by atoms with van der Waals surface area (Å²) in [5, 5.41) is 1.53. The normalized spacial score (nSPS) is 10.8. The highest BCUT2D eigenvalue weighted by atomic mass is 35.5. The lowest BCUT2D eigenvalue weighted by molar-refractivity contribution is 0.0728. The van der Waals surface area contributed by atoms with Gasteiger partial charge in [-0.25, -0.2) is 0 Å². The van der Waals surface area contributed by atoms with Gasteiger partial charge in [-0.15, -0.1) is 0 Å². The van der Waals surface area contributed by atoms with Crippen LogP contribution in [0.1, 0.15) is 27.0 Å². The maximum Gasteiger partial charge on any atom is 0.254 e. The first kappa shape index (κ1) is 23.4. The van der Waals surface area contributed by atoms with Gasteiger partial charge in [0.2, 0.25) is 0 Å². The Morgan fingerprint density at radius 3 is 2.24 bits per heavy atom. The van der Waals surface area contributed by atoms with Gasteiger partial charge in [0.25, 0.3) is 11.5 Å². The van der Waals surface area contributed by atoms with E-state index in [4.69, 9.17) is 21.1 Å². The molecule has 0 fully saturated rings. The van der Waals surface area contributed by atoms with E-state index in [0.29, 0.717) is 34.2 Å². The number of fused-ring (bicyclic) bond motifs is 1. The van der Waals surface area contributed by atoms with Crippen LogP contribution in [0.3, 0.4) is 0 Å². The largest absolute Gasteiger partial charge is 0.497 e. The number of nitrogens with one attached hydrogen (secondary N) is 1. The molecule has 174 valence electrons. The minimum absolute atomic E-state index is 0.125. The Morgan fingerprint density at radius 2 is 1.59 bits per heavy atom. The summed E-state index contributed by atoms with van der Waals surface area (Å²) < 4.78 is 10.7. The lowest BCUT2D eigenvalue weighted by Gasteiger charge is -2.23. The molecule has 34 heavy (non-hydrogen) atoms. The van der Waals surface area contributed by atoms with Crippen molar-refractivity contribution in [2.45, 2.75) is 20.0 Å². The Labute approximate surface area is 202 Å². The second-order valence-corrected chi connectivity index (χ2v) is 8.54. The number of ether oxygens (including phenoxy) is 2. The van der Waals surface area contributed by atoms with Crippen LogP contribution in [0.25, 0.3) is 10.9 Å². The van der Waals surface area contributed by atoms with Gasteiger partial charge in [-0.3, -0.25) is 9.59 Å². The number of aryl methyl sites for hydroxylation is 1. The summed E-state index contributed by atoms with van der Waals surface area (Å²) in [6.07, 6.45) is 0. The maximum atomic E-state index is 13.7. The molecule has 0 aliphatic carbocycles. The molecular formula is C27H25ClN2O4. The highest BCUT2D eigenvalue weighted by Crippen LogP contribution is 2.25. The van der Waals surface area contributed by atoms with E-state index in [1.165, 1.54) is 14.2 Å². The van der Waals surface area contributed by atoms with Crippen LogP contribution in [0.5, 0.6) is 11.5 Å². The van der Waals surface area contributed by atoms with Crippen molar-refractivity contribution in [1.29, 1.82) is 0 Å². The SMILES string of the molecule is COc1cc(OC)cc(C(=O)N(Cc2ccc(Cl)cc2)Cc2cc3cc(C)ccc3[nH]c2=O)c1. The summed E-state index contributed by atoms with van der Waals surface area (Å²) in [7, 11) is 3.07. The zero-order chi connectivity index (χ0) is 24.2. The standard InChI is InChI=1S/C27H25ClN2O4/c1-17-4-9-25-19(10-17)11-21(26(31)29-25)16-30(15-18-5-7-22(28)8-6-18)27(32)20-12-23(33-2)14-24(13-20)34-3/h4-14H,15-16H2,1-3H3,(H,29,31). The number of H-pyrrole nitrogens is 1. The van der Waals surface area contributed by atoms with Gasteiger partial charge >= 0.3 is 0 Å². The molecule has 4 rings (SSSR count). The van der Waals surface area contributed by atoms with Gasteiger partial charge < -0.3 is 19.4 Å². The van der Waals surface area contributed by atoms with E-state index < -0.39 is 0 Å². The van der Waals surface area contributed by atoms with Crippen LogP contribution in [0.15, 0.2) is 71.5 Å². The van der Waals surface area contributed by atoms with E-state index in [0.717, 1.165) is 22.0 Å². The highest BCUT2D eigenvalue weighted by Gasteiger charge is 2.20. The molecule has 7 heteroatoms. The fourth-order valence-electron chi connectivity index (χ4n) is 3.82. The molecular weight excluding hydrogens is 452 g/mol. The molecule has 1 amide bonds. The smallest absolute Gasteiger partial charge is 0.254 e. The third kappa shape index (κ3) is 5.24. The summed E-state index contributed by atoms with van der Waals surface area (Å²) in [6.45, 7) is 2.41. The number of rotatable bonds is 7. The number of hydrogen-bond acceptors (Lipinski definition) is 4. The zero-order valence-corrected chi connectivity index (χ0v) is 20.0. The van der Waals surface area contributed by atoms with Crippen molar-refractivity contribution >= 4 is 28.4 Å². The number of pyridine rings is 1. The topological polar surface area (TPSA) is 71.6 Å². The molecule has 0 spiro atoms. The van der Waals surface area contributed by atoms with Crippen LogP contribution in [-0.2, 0) is 13.1 Å². The molecule has 4 aromatic rings. The van der Waals surface area contributed by atoms with Crippen molar-refractivity contribution in [3.05, 3.63) is 104 Å². The Hall–Kier alpha value is -3.77. The molecule has 0 radical (unpaired) electrons. The van der Waals surface area contributed by atoms with Crippen molar-refractivity contribution in [2.75, 3.05) is 14.2 Å². The third-order valence-electron chi connectivity index (χ3n) is 5.61. The molecule has 0 unspecified atom stereocenters. The monoisotopic (exact) mass is 476 g/mol. The number of hydrogen-bond donors (Lipinski definition) is 1. The highest BCUT2D eigenvalue weighted by molar-refractivity contribution is 6.30.